The highest BCUT2D eigenvalue weighted by Gasteiger charge is 2.16. The summed E-state index contributed by atoms with van der Waals surface area (Å²) in [4.78, 5) is 12.8. The molecule has 7 heteroatoms. The third-order valence-corrected chi connectivity index (χ3v) is 5.70. The van der Waals surface area contributed by atoms with Crippen LogP contribution in [-0.2, 0) is 13.2 Å². The zero-order valence-electron chi connectivity index (χ0n) is 18.3. The minimum atomic E-state index is -0.308. The Kier molecular flexibility index (Phi) is 6.75. The Labute approximate surface area is 196 Å². The van der Waals surface area contributed by atoms with Gasteiger partial charge in [-0.1, -0.05) is 41.9 Å². The van der Waals surface area contributed by atoms with Gasteiger partial charge in [-0.05, 0) is 67.4 Å². The van der Waals surface area contributed by atoms with Crippen molar-refractivity contribution in [1.82, 2.24) is 9.78 Å². The highest BCUT2D eigenvalue weighted by molar-refractivity contribution is 6.31. The second-order valence-electron chi connectivity index (χ2n) is 7.69. The molecule has 0 radical (unpaired) electrons. The zero-order valence-corrected chi connectivity index (χ0v) is 19.1. The van der Waals surface area contributed by atoms with Crippen LogP contribution in [0.5, 0.6) is 5.75 Å². The maximum absolute atomic E-state index is 13.0. The molecule has 0 aliphatic rings. The van der Waals surface area contributed by atoms with Crippen LogP contribution in [0.1, 0.15) is 32.9 Å². The second kappa shape index (κ2) is 9.88. The number of hydrogen-bond donors (Lipinski definition) is 1. The molecule has 0 unspecified atom stereocenters. The molecule has 4 aromatic rings. The first kappa shape index (κ1) is 22.6. The Balaban J connectivity index is 1.41. The fourth-order valence-corrected chi connectivity index (χ4v) is 3.65. The van der Waals surface area contributed by atoms with Crippen LogP contribution in [0.15, 0.2) is 72.8 Å². The summed E-state index contributed by atoms with van der Waals surface area (Å²) in [5.74, 6) is 0.0556. The topological polar surface area (TPSA) is 56.2 Å². The SMILES string of the molecule is Cc1nn(Cc2ccccc2Cl)c(C)c1NC(=O)c1ccc(COc2ccc(F)cc2)cc1. The molecule has 5 nitrogen and oxygen atoms in total. The number of carbonyl (C=O) groups excluding carboxylic acids is 1. The van der Waals surface area contributed by atoms with Crippen LogP contribution < -0.4 is 10.1 Å². The standard InChI is InChI=1S/C26H23ClFN3O2/c1-17-25(18(2)31(30-17)15-21-5-3-4-6-24(21)27)29-26(32)20-9-7-19(8-10-20)16-33-23-13-11-22(28)12-14-23/h3-14H,15-16H2,1-2H3,(H,29,32). The molecular weight excluding hydrogens is 441 g/mol. The van der Waals surface area contributed by atoms with Gasteiger partial charge in [-0.15, -0.1) is 0 Å². The summed E-state index contributed by atoms with van der Waals surface area (Å²) in [6, 6.07) is 20.6. The van der Waals surface area contributed by atoms with E-state index in [0.29, 0.717) is 35.2 Å². The molecule has 1 N–H and O–H groups in total. The molecule has 3 aromatic carbocycles. The van der Waals surface area contributed by atoms with Gasteiger partial charge in [-0.25, -0.2) is 4.39 Å². The molecule has 0 aliphatic carbocycles. The van der Waals surface area contributed by atoms with E-state index in [-0.39, 0.29) is 11.7 Å². The van der Waals surface area contributed by atoms with Gasteiger partial charge in [0.1, 0.15) is 18.2 Å². The van der Waals surface area contributed by atoms with E-state index in [4.69, 9.17) is 16.3 Å². The van der Waals surface area contributed by atoms with Gasteiger partial charge in [0.25, 0.3) is 5.91 Å². The van der Waals surface area contributed by atoms with Crippen molar-refractivity contribution < 1.29 is 13.9 Å². The lowest BCUT2D eigenvalue weighted by Crippen LogP contribution is -2.13. The van der Waals surface area contributed by atoms with Gasteiger partial charge >= 0.3 is 0 Å². The van der Waals surface area contributed by atoms with E-state index < -0.39 is 0 Å². The van der Waals surface area contributed by atoms with E-state index in [2.05, 4.69) is 10.4 Å². The van der Waals surface area contributed by atoms with E-state index >= 15 is 0 Å². The number of nitrogens with zero attached hydrogens (tertiary/aromatic N) is 2. The largest absolute Gasteiger partial charge is 0.489 e. The van der Waals surface area contributed by atoms with Crippen LogP contribution in [0, 0.1) is 19.7 Å². The molecule has 33 heavy (non-hydrogen) atoms. The quantitative estimate of drug-likeness (QED) is 0.356. The fraction of sp³-hybridized carbons (Fsp3) is 0.154. The van der Waals surface area contributed by atoms with Crippen LogP contribution in [0.25, 0.3) is 0 Å². The number of rotatable bonds is 7. The number of halogens is 2. The van der Waals surface area contributed by atoms with Crippen molar-refractivity contribution >= 4 is 23.2 Å². The van der Waals surface area contributed by atoms with Crippen molar-refractivity contribution in [3.63, 3.8) is 0 Å². The van der Waals surface area contributed by atoms with Crippen molar-refractivity contribution in [2.45, 2.75) is 27.0 Å². The minimum Gasteiger partial charge on any atom is -0.489 e. The number of aromatic nitrogens is 2. The fourth-order valence-electron chi connectivity index (χ4n) is 3.46. The van der Waals surface area contributed by atoms with Gasteiger partial charge in [0, 0.05) is 10.6 Å². The number of amides is 1. The number of aryl methyl sites for hydroxylation is 1. The lowest BCUT2D eigenvalue weighted by Gasteiger charge is -2.09. The third kappa shape index (κ3) is 5.41. The molecule has 0 bridgehead atoms. The van der Waals surface area contributed by atoms with Crippen LogP contribution in [0.3, 0.4) is 0 Å². The molecule has 0 spiro atoms. The van der Waals surface area contributed by atoms with Gasteiger partial charge in [0.2, 0.25) is 0 Å². The number of carbonyl (C=O) groups is 1. The zero-order chi connectivity index (χ0) is 23.4. The second-order valence-corrected chi connectivity index (χ2v) is 8.10. The van der Waals surface area contributed by atoms with Gasteiger partial charge in [-0.3, -0.25) is 9.48 Å². The first-order valence-electron chi connectivity index (χ1n) is 10.5. The summed E-state index contributed by atoms with van der Waals surface area (Å²) in [6.07, 6.45) is 0. The molecule has 1 heterocycles. The predicted octanol–water partition coefficient (Wildman–Crippen LogP) is 6.17. The molecule has 1 aromatic heterocycles. The molecule has 0 saturated heterocycles. The van der Waals surface area contributed by atoms with Crippen molar-refractivity contribution in [3.8, 4) is 5.75 Å². The van der Waals surface area contributed by atoms with Crippen molar-refractivity contribution in [2.24, 2.45) is 0 Å². The number of anilines is 1. The normalized spacial score (nSPS) is 10.8. The summed E-state index contributed by atoms with van der Waals surface area (Å²) >= 11 is 6.28. The first-order valence-corrected chi connectivity index (χ1v) is 10.8. The summed E-state index contributed by atoms with van der Waals surface area (Å²) in [6.45, 7) is 4.62. The number of benzene rings is 3. The Hall–Kier alpha value is -3.64. The average Bonchev–Trinajstić information content (AvgIpc) is 3.08. The third-order valence-electron chi connectivity index (χ3n) is 5.33. The van der Waals surface area contributed by atoms with E-state index in [1.807, 2.05) is 54.9 Å². The van der Waals surface area contributed by atoms with Gasteiger partial charge in [0.05, 0.1) is 23.6 Å². The lowest BCUT2D eigenvalue weighted by molar-refractivity contribution is 0.102. The van der Waals surface area contributed by atoms with E-state index in [1.54, 1.807) is 24.3 Å². The molecule has 168 valence electrons. The Morgan fingerprint density at radius 2 is 1.73 bits per heavy atom. The summed E-state index contributed by atoms with van der Waals surface area (Å²) in [7, 11) is 0. The van der Waals surface area contributed by atoms with Crippen molar-refractivity contribution in [3.05, 3.63) is 112 Å². The number of nitrogens with one attached hydrogen (secondary N) is 1. The molecule has 1 amide bonds. The monoisotopic (exact) mass is 463 g/mol. The number of hydrogen-bond acceptors (Lipinski definition) is 3. The Morgan fingerprint density at radius 3 is 2.42 bits per heavy atom. The van der Waals surface area contributed by atoms with Crippen LogP contribution >= 0.6 is 11.6 Å². The Morgan fingerprint density at radius 1 is 1.03 bits per heavy atom. The van der Waals surface area contributed by atoms with E-state index in [1.165, 1.54) is 12.1 Å². The maximum atomic E-state index is 13.0. The van der Waals surface area contributed by atoms with Crippen LogP contribution in [0.4, 0.5) is 10.1 Å². The van der Waals surface area contributed by atoms with Gasteiger partial charge in [-0.2, -0.15) is 5.10 Å². The van der Waals surface area contributed by atoms with E-state index in [9.17, 15) is 9.18 Å². The van der Waals surface area contributed by atoms with Crippen LogP contribution in [0.2, 0.25) is 5.02 Å². The highest BCUT2D eigenvalue weighted by atomic mass is 35.5. The maximum Gasteiger partial charge on any atom is 0.255 e. The first-order chi connectivity index (χ1) is 15.9. The highest BCUT2D eigenvalue weighted by Crippen LogP contribution is 2.23. The van der Waals surface area contributed by atoms with Crippen molar-refractivity contribution in [2.75, 3.05) is 5.32 Å². The lowest BCUT2D eigenvalue weighted by atomic mass is 10.1. The van der Waals surface area contributed by atoms with Crippen LogP contribution in [-0.4, -0.2) is 15.7 Å². The smallest absolute Gasteiger partial charge is 0.255 e. The molecule has 0 saturated carbocycles. The molecule has 0 aliphatic heterocycles. The Bertz CT molecular complexity index is 1270. The molecule has 0 atom stereocenters. The van der Waals surface area contributed by atoms with Gasteiger partial charge in [0.15, 0.2) is 0 Å². The average molecular weight is 464 g/mol. The molecule has 4 rings (SSSR count). The minimum absolute atomic E-state index is 0.218. The van der Waals surface area contributed by atoms with E-state index in [0.717, 1.165) is 22.5 Å². The summed E-state index contributed by atoms with van der Waals surface area (Å²) in [5.41, 5.74) is 4.66. The van der Waals surface area contributed by atoms with Crippen molar-refractivity contribution in [1.29, 1.82) is 0 Å². The molecule has 0 fully saturated rings. The number of ether oxygens (including phenoxy) is 1. The molecular formula is C26H23ClFN3O2. The summed E-state index contributed by atoms with van der Waals surface area (Å²) in [5, 5.41) is 8.23. The summed E-state index contributed by atoms with van der Waals surface area (Å²) < 4.78 is 20.5. The van der Waals surface area contributed by atoms with Gasteiger partial charge < -0.3 is 10.1 Å². The predicted molar refractivity (Wildman–Crippen MR) is 127 cm³/mol.